The van der Waals surface area contributed by atoms with Gasteiger partial charge in [0.05, 0.1) is 0 Å². The van der Waals surface area contributed by atoms with Gasteiger partial charge in [0.1, 0.15) is 0 Å². The van der Waals surface area contributed by atoms with E-state index in [2.05, 4.69) is 0 Å². The molecule has 0 rings (SSSR count). The van der Waals surface area contributed by atoms with E-state index in [1.54, 1.807) is 0 Å². The van der Waals surface area contributed by atoms with Crippen molar-refractivity contribution >= 4 is 37.7 Å². The Morgan fingerprint density at radius 3 is 1.25 bits per heavy atom. The van der Waals surface area contributed by atoms with E-state index in [0.29, 0.717) is 0 Å². The van der Waals surface area contributed by atoms with Crippen molar-refractivity contribution in [3.63, 3.8) is 0 Å². The fourth-order valence-corrected chi connectivity index (χ4v) is 0. The summed E-state index contributed by atoms with van der Waals surface area (Å²) in [5.74, 6) is 0. The minimum atomic E-state index is 0. The van der Waals surface area contributed by atoms with Gasteiger partial charge in [-0.1, -0.05) is 0 Å². The van der Waals surface area contributed by atoms with Gasteiger partial charge in [-0.2, -0.15) is 0 Å². The van der Waals surface area contributed by atoms with Gasteiger partial charge >= 0.3 is 67.3 Å². The van der Waals surface area contributed by atoms with Gasteiger partial charge in [-0.05, 0) is 0 Å². The first-order chi connectivity index (χ1) is 0. The Hall–Kier alpha value is 2.15. The van der Waals surface area contributed by atoms with Crippen molar-refractivity contribution in [2.45, 2.75) is 0 Å². The van der Waals surface area contributed by atoms with Crippen LogP contribution in [-0.2, 0) is 0 Å². The zero-order chi connectivity index (χ0) is 0. The maximum absolute atomic E-state index is 0. The molecular formula is H4CaFNaO. The third-order valence-electron chi connectivity index (χ3n) is 0. The van der Waals surface area contributed by atoms with Gasteiger partial charge in [0.25, 0.3) is 0 Å². The summed E-state index contributed by atoms with van der Waals surface area (Å²) in [4.78, 5) is 0. The van der Waals surface area contributed by atoms with Crippen molar-refractivity contribution in [2.24, 2.45) is 0 Å². The Morgan fingerprint density at radius 1 is 1.25 bits per heavy atom. The van der Waals surface area contributed by atoms with E-state index >= 15 is 0 Å². The summed E-state index contributed by atoms with van der Waals surface area (Å²) < 4.78 is 0. The Balaban J connectivity index is 0. The number of hydrogen-bond acceptors (Lipinski definition) is 0. The molecule has 0 fully saturated rings. The van der Waals surface area contributed by atoms with Gasteiger partial charge in [0, 0.05) is 0 Å². The molecule has 2 N–H and O–H groups in total. The van der Waals surface area contributed by atoms with Crippen LogP contribution in [0.2, 0.25) is 0 Å². The quantitative estimate of drug-likeness (QED) is 0.272. The van der Waals surface area contributed by atoms with E-state index in [1.165, 1.54) is 0 Å². The summed E-state index contributed by atoms with van der Waals surface area (Å²) in [6, 6.07) is 0. The topological polar surface area (TPSA) is 31.5 Å². The van der Waals surface area contributed by atoms with E-state index in [0.717, 1.165) is 0 Å². The molecule has 0 aromatic carbocycles. The first-order valence-electron chi connectivity index (χ1n) is 0. The number of hydrogen-bond donors (Lipinski definition) is 0. The second kappa shape index (κ2) is 19.2. The smallest absolute Gasteiger partial charge is 1.00 e. The molecule has 0 aromatic rings. The van der Waals surface area contributed by atoms with Crippen molar-refractivity contribution in [1.82, 2.24) is 0 Å². The van der Waals surface area contributed by atoms with E-state index < -0.39 is 0 Å². The molecule has 0 aromatic heterocycles. The van der Waals surface area contributed by atoms with E-state index in [1.807, 2.05) is 0 Å². The van der Waals surface area contributed by atoms with Gasteiger partial charge in [-0.25, -0.2) is 0 Å². The average molecular weight is 102 g/mol. The fraction of sp³-hybridized carbons (Fsp3) is 0. The standard InChI is InChI=1S/Ca.FH.Na.H2O.2H/h;1H;;1H2;;/q+2;;+1;;2*-1/p-1. The van der Waals surface area contributed by atoms with Crippen LogP contribution in [0.3, 0.4) is 0 Å². The second-order valence-corrected chi connectivity index (χ2v) is 0. The predicted molar refractivity (Wildman–Crippen MR) is 11.6 cm³/mol. The SMILES string of the molecule is O.[Ca+2].[F-].[H-].[H-].[Na+]. The molecular weight excluding hydrogens is 98.1 g/mol. The molecule has 0 saturated carbocycles. The van der Waals surface area contributed by atoms with Crippen LogP contribution in [0, 0.1) is 0 Å². The van der Waals surface area contributed by atoms with Crippen molar-refractivity contribution < 1.29 is 42.6 Å². The van der Waals surface area contributed by atoms with Crippen LogP contribution in [0.4, 0.5) is 0 Å². The summed E-state index contributed by atoms with van der Waals surface area (Å²) in [6.07, 6.45) is 0. The fourth-order valence-electron chi connectivity index (χ4n) is 0. The molecule has 4 heavy (non-hydrogen) atoms. The first kappa shape index (κ1) is 35.3. The third kappa shape index (κ3) is 8.91. The molecule has 0 radical (unpaired) electrons. The minimum Gasteiger partial charge on any atom is -1.00 e. The predicted octanol–water partition coefficient (Wildman–Crippen LogP) is -6.97. The molecule has 4 heteroatoms. The summed E-state index contributed by atoms with van der Waals surface area (Å²) >= 11 is 0. The van der Waals surface area contributed by atoms with Gasteiger partial charge in [0.2, 0.25) is 0 Å². The van der Waals surface area contributed by atoms with E-state index in [-0.39, 0.29) is 80.3 Å². The third-order valence-corrected chi connectivity index (χ3v) is 0. The molecule has 1 nitrogen and oxygen atoms in total. The summed E-state index contributed by atoms with van der Waals surface area (Å²) in [5.41, 5.74) is 0. The number of halogens is 1. The van der Waals surface area contributed by atoms with E-state index in [9.17, 15) is 0 Å². The van der Waals surface area contributed by atoms with Crippen LogP contribution in [0.15, 0.2) is 0 Å². The van der Waals surface area contributed by atoms with Crippen LogP contribution in [-0.4, -0.2) is 43.2 Å². The molecule has 0 aliphatic heterocycles. The largest absolute Gasteiger partial charge is 2.00 e. The molecule has 0 aliphatic carbocycles. The van der Waals surface area contributed by atoms with E-state index in [4.69, 9.17) is 0 Å². The molecule has 0 saturated heterocycles. The van der Waals surface area contributed by atoms with Crippen LogP contribution in [0.5, 0.6) is 0 Å². The van der Waals surface area contributed by atoms with Crippen LogP contribution in [0.25, 0.3) is 0 Å². The molecule has 20 valence electrons. The Labute approximate surface area is 79.1 Å². The Bertz CT molecular complexity index is 13.5. The number of rotatable bonds is 0. The normalized spacial score (nSPS) is 0. The van der Waals surface area contributed by atoms with Crippen molar-refractivity contribution in [2.75, 3.05) is 0 Å². The van der Waals surface area contributed by atoms with Gasteiger partial charge in [-0.15, -0.1) is 0 Å². The van der Waals surface area contributed by atoms with Crippen LogP contribution >= 0.6 is 0 Å². The maximum atomic E-state index is 0. The molecule has 0 unspecified atom stereocenters. The monoisotopic (exact) mass is 102 g/mol. The summed E-state index contributed by atoms with van der Waals surface area (Å²) in [7, 11) is 0. The summed E-state index contributed by atoms with van der Waals surface area (Å²) in [5, 5.41) is 0. The molecule has 0 bridgehead atoms. The van der Waals surface area contributed by atoms with Crippen molar-refractivity contribution in [3.05, 3.63) is 0 Å². The minimum absolute atomic E-state index is 0. The molecule has 0 amide bonds. The zero-order valence-corrected chi connectivity index (χ0v) is 6.79. The van der Waals surface area contributed by atoms with Crippen LogP contribution in [0.1, 0.15) is 2.85 Å². The summed E-state index contributed by atoms with van der Waals surface area (Å²) in [6.45, 7) is 0. The van der Waals surface area contributed by atoms with Crippen LogP contribution < -0.4 is 34.3 Å². The Morgan fingerprint density at radius 2 is 1.25 bits per heavy atom. The van der Waals surface area contributed by atoms with Gasteiger partial charge in [0.15, 0.2) is 0 Å². The van der Waals surface area contributed by atoms with Crippen molar-refractivity contribution in [1.29, 1.82) is 0 Å². The Kier molecular flexibility index (Phi) is 169. The second-order valence-electron chi connectivity index (χ2n) is 0. The average Bonchev–Trinajstić information content (AvgIpc) is 0. The zero-order valence-electron chi connectivity index (χ0n) is 4.59. The molecule has 0 heterocycles. The molecule has 0 atom stereocenters. The first-order valence-corrected chi connectivity index (χ1v) is 0. The van der Waals surface area contributed by atoms with Crippen molar-refractivity contribution in [3.8, 4) is 0 Å². The van der Waals surface area contributed by atoms with Gasteiger partial charge in [-0.3, -0.25) is 0 Å². The maximum Gasteiger partial charge on any atom is 2.00 e. The molecule has 0 aliphatic rings. The van der Waals surface area contributed by atoms with Gasteiger partial charge < -0.3 is 13.0 Å². The molecule has 0 spiro atoms.